The summed E-state index contributed by atoms with van der Waals surface area (Å²) in [6.07, 6.45) is 2.75. The first kappa shape index (κ1) is 17.1. The van der Waals surface area contributed by atoms with Crippen LogP contribution in [0.25, 0.3) is 0 Å². The number of benzene rings is 1. The summed E-state index contributed by atoms with van der Waals surface area (Å²) in [5.41, 5.74) is 6.86. The third kappa shape index (κ3) is 4.02. The van der Waals surface area contributed by atoms with Gasteiger partial charge >= 0.3 is 0 Å². The molecule has 1 saturated heterocycles. The fraction of sp³-hybridized carbons (Fsp3) is 0.471. The van der Waals surface area contributed by atoms with Crippen LogP contribution in [0.15, 0.2) is 33.3 Å². The Morgan fingerprint density at radius 2 is 2.21 bits per heavy atom. The van der Waals surface area contributed by atoms with Gasteiger partial charge in [-0.05, 0) is 37.5 Å². The van der Waals surface area contributed by atoms with E-state index in [1.165, 1.54) is 0 Å². The van der Waals surface area contributed by atoms with Crippen LogP contribution in [0.2, 0.25) is 0 Å². The van der Waals surface area contributed by atoms with E-state index in [1.54, 1.807) is 0 Å². The molecule has 0 bridgehead atoms. The van der Waals surface area contributed by atoms with Gasteiger partial charge in [0.1, 0.15) is 6.04 Å². The number of aromatic nitrogens is 2. The number of hydrogen-bond donors (Lipinski definition) is 1. The molecule has 2 atom stereocenters. The van der Waals surface area contributed by atoms with Crippen molar-refractivity contribution >= 4 is 21.8 Å². The molecule has 7 heteroatoms. The van der Waals surface area contributed by atoms with E-state index < -0.39 is 0 Å². The first-order valence-electron chi connectivity index (χ1n) is 8.15. The number of nitrogens with two attached hydrogens (primary N) is 1. The maximum atomic E-state index is 12.3. The number of carbonyl (C=O) groups is 1. The Labute approximate surface area is 149 Å². The summed E-state index contributed by atoms with van der Waals surface area (Å²) in [6.45, 7) is 2.56. The molecule has 0 saturated carbocycles. The zero-order valence-corrected chi connectivity index (χ0v) is 15.2. The minimum atomic E-state index is -0.144. The lowest BCUT2D eigenvalue weighted by molar-refractivity contribution is -0.132. The third-order valence-corrected chi connectivity index (χ3v) is 4.64. The Balaban J connectivity index is 1.70. The minimum Gasteiger partial charge on any atom is -0.337 e. The predicted octanol–water partition coefficient (Wildman–Crippen LogP) is 2.82. The van der Waals surface area contributed by atoms with E-state index in [4.69, 9.17) is 10.3 Å². The highest BCUT2D eigenvalue weighted by Crippen LogP contribution is 2.31. The van der Waals surface area contributed by atoms with Gasteiger partial charge < -0.3 is 15.2 Å². The quantitative estimate of drug-likeness (QED) is 0.845. The minimum absolute atomic E-state index is 0.0557. The third-order valence-electron chi connectivity index (χ3n) is 4.11. The smallest absolute Gasteiger partial charge is 0.249 e. The van der Waals surface area contributed by atoms with E-state index >= 15 is 0 Å². The molecule has 6 nitrogen and oxygen atoms in total. The maximum Gasteiger partial charge on any atom is 0.249 e. The molecule has 1 aromatic heterocycles. The molecule has 1 aliphatic rings. The van der Waals surface area contributed by atoms with Crippen molar-refractivity contribution in [3.05, 3.63) is 46.0 Å². The molecule has 2 N–H and O–H groups in total. The number of nitrogens with zero attached hydrogens (tertiary/aromatic N) is 3. The van der Waals surface area contributed by atoms with Crippen LogP contribution < -0.4 is 5.73 Å². The molecule has 2 aromatic rings. The van der Waals surface area contributed by atoms with Crippen molar-refractivity contribution in [2.75, 3.05) is 6.54 Å². The Hall–Kier alpha value is -1.73. The molecular weight excluding hydrogens is 372 g/mol. The molecule has 2 unspecified atom stereocenters. The average Bonchev–Trinajstić information content (AvgIpc) is 3.17. The maximum absolute atomic E-state index is 12.3. The zero-order chi connectivity index (χ0) is 17.1. The lowest BCUT2D eigenvalue weighted by atomic mass is 10.1. The second-order valence-corrected chi connectivity index (χ2v) is 7.19. The van der Waals surface area contributed by atoms with Crippen LogP contribution in [-0.4, -0.2) is 33.5 Å². The van der Waals surface area contributed by atoms with Crippen LogP contribution in [0.3, 0.4) is 0 Å². The van der Waals surface area contributed by atoms with Crippen LogP contribution >= 0.6 is 15.9 Å². The summed E-state index contributed by atoms with van der Waals surface area (Å²) in [7, 11) is 0. The lowest BCUT2D eigenvalue weighted by Gasteiger charge is -2.22. The number of likely N-dealkylation sites (tertiary alicyclic amines) is 1. The summed E-state index contributed by atoms with van der Waals surface area (Å²) < 4.78 is 6.47. The molecule has 128 valence electrons. The molecule has 3 rings (SSSR count). The van der Waals surface area contributed by atoms with E-state index in [1.807, 2.05) is 36.1 Å². The van der Waals surface area contributed by atoms with Gasteiger partial charge in [0, 0.05) is 29.9 Å². The van der Waals surface area contributed by atoms with E-state index in [-0.39, 0.29) is 18.0 Å². The first-order valence-corrected chi connectivity index (χ1v) is 8.94. The molecule has 1 aromatic carbocycles. The summed E-state index contributed by atoms with van der Waals surface area (Å²) in [5.74, 6) is 1.22. The Bertz CT molecular complexity index is 699. The van der Waals surface area contributed by atoms with Crippen molar-refractivity contribution in [2.45, 2.75) is 44.7 Å². The standard InChI is InChI=1S/C17H21BrN4O2/c1-11(19)9-16(23)22-8-2-3-14(22)17-20-15(21-24-17)10-12-4-6-13(18)7-5-12/h4-7,11,14H,2-3,8-10,19H2,1H3. The molecule has 0 aliphatic carbocycles. The van der Waals surface area contributed by atoms with Gasteiger partial charge in [0.25, 0.3) is 0 Å². The van der Waals surface area contributed by atoms with Gasteiger partial charge in [-0.2, -0.15) is 4.98 Å². The van der Waals surface area contributed by atoms with Gasteiger partial charge in [-0.1, -0.05) is 33.2 Å². The van der Waals surface area contributed by atoms with Crippen LogP contribution in [0, 0.1) is 0 Å². The Kier molecular flexibility index (Phi) is 5.30. The van der Waals surface area contributed by atoms with Crippen molar-refractivity contribution in [1.29, 1.82) is 0 Å². The number of halogens is 1. The zero-order valence-electron chi connectivity index (χ0n) is 13.6. The fourth-order valence-electron chi connectivity index (χ4n) is 2.97. The normalized spacial score (nSPS) is 18.8. The van der Waals surface area contributed by atoms with Crippen LogP contribution in [0.5, 0.6) is 0 Å². The van der Waals surface area contributed by atoms with Crippen molar-refractivity contribution in [1.82, 2.24) is 15.0 Å². The Morgan fingerprint density at radius 3 is 2.92 bits per heavy atom. The second-order valence-electron chi connectivity index (χ2n) is 6.28. The molecule has 2 heterocycles. The lowest BCUT2D eigenvalue weighted by Crippen LogP contribution is -2.34. The topological polar surface area (TPSA) is 85.3 Å². The SMILES string of the molecule is CC(N)CC(=O)N1CCCC1c1nc(Cc2ccc(Br)cc2)no1. The van der Waals surface area contributed by atoms with Gasteiger partial charge in [-0.15, -0.1) is 0 Å². The molecule has 0 radical (unpaired) electrons. The molecular formula is C17H21BrN4O2. The molecule has 1 aliphatic heterocycles. The van der Waals surface area contributed by atoms with Crippen molar-refractivity contribution in [2.24, 2.45) is 5.73 Å². The molecule has 1 amide bonds. The Morgan fingerprint density at radius 1 is 1.46 bits per heavy atom. The second kappa shape index (κ2) is 7.44. The van der Waals surface area contributed by atoms with Gasteiger partial charge in [0.2, 0.25) is 11.8 Å². The highest BCUT2D eigenvalue weighted by atomic mass is 79.9. The van der Waals surface area contributed by atoms with Crippen LogP contribution in [-0.2, 0) is 11.2 Å². The van der Waals surface area contributed by atoms with Crippen LogP contribution in [0.1, 0.15) is 49.5 Å². The van der Waals surface area contributed by atoms with Gasteiger partial charge in [-0.25, -0.2) is 0 Å². The highest BCUT2D eigenvalue weighted by Gasteiger charge is 2.34. The van der Waals surface area contributed by atoms with E-state index in [0.717, 1.165) is 29.4 Å². The van der Waals surface area contributed by atoms with Crippen molar-refractivity contribution in [3.8, 4) is 0 Å². The number of rotatable bonds is 5. The summed E-state index contributed by atoms with van der Waals surface area (Å²) >= 11 is 3.42. The molecule has 24 heavy (non-hydrogen) atoms. The van der Waals surface area contributed by atoms with Crippen LogP contribution in [0.4, 0.5) is 0 Å². The first-order chi connectivity index (χ1) is 11.5. The molecule has 1 fully saturated rings. The average molecular weight is 393 g/mol. The summed E-state index contributed by atoms with van der Waals surface area (Å²) in [5, 5.41) is 4.07. The highest BCUT2D eigenvalue weighted by molar-refractivity contribution is 9.10. The van der Waals surface area contributed by atoms with E-state index in [9.17, 15) is 4.79 Å². The number of carbonyl (C=O) groups excluding carboxylic acids is 1. The van der Waals surface area contributed by atoms with E-state index in [2.05, 4.69) is 26.1 Å². The largest absolute Gasteiger partial charge is 0.337 e. The summed E-state index contributed by atoms with van der Waals surface area (Å²) in [6, 6.07) is 7.75. The predicted molar refractivity (Wildman–Crippen MR) is 93.2 cm³/mol. The summed E-state index contributed by atoms with van der Waals surface area (Å²) in [4.78, 5) is 18.6. The fourth-order valence-corrected chi connectivity index (χ4v) is 3.24. The van der Waals surface area contributed by atoms with Gasteiger partial charge in [0.05, 0.1) is 0 Å². The van der Waals surface area contributed by atoms with Crippen molar-refractivity contribution in [3.63, 3.8) is 0 Å². The number of amides is 1. The van der Waals surface area contributed by atoms with Gasteiger partial charge in [-0.3, -0.25) is 4.79 Å². The van der Waals surface area contributed by atoms with E-state index in [0.29, 0.717) is 24.6 Å². The molecule has 0 spiro atoms. The van der Waals surface area contributed by atoms with Gasteiger partial charge in [0.15, 0.2) is 5.82 Å². The number of hydrogen-bond acceptors (Lipinski definition) is 5. The van der Waals surface area contributed by atoms with Crippen molar-refractivity contribution < 1.29 is 9.32 Å². The monoisotopic (exact) mass is 392 g/mol.